The Hall–Kier alpha value is -0.610. The number of hydrogen-bond donors (Lipinski definition) is 2. The highest BCUT2D eigenvalue weighted by Crippen LogP contribution is 2.31. The minimum Gasteiger partial charge on any atom is -0.353 e. The highest BCUT2D eigenvalue weighted by molar-refractivity contribution is 5.81. The van der Waals surface area contributed by atoms with E-state index in [1.807, 2.05) is 0 Å². The van der Waals surface area contributed by atoms with Crippen molar-refractivity contribution in [3.8, 4) is 0 Å². The van der Waals surface area contributed by atoms with Crippen LogP contribution in [0, 0.1) is 0 Å². The maximum atomic E-state index is 11.9. The molecule has 3 N–H and O–H groups in total. The lowest BCUT2D eigenvalue weighted by atomic mass is 9.80. The molecule has 1 aliphatic carbocycles. The van der Waals surface area contributed by atoms with Crippen molar-refractivity contribution in [3.05, 3.63) is 0 Å². The number of nitrogens with zero attached hydrogens (tertiary/aromatic N) is 1. The first-order valence-electron chi connectivity index (χ1n) is 7.22. The van der Waals surface area contributed by atoms with E-state index in [-0.39, 0.29) is 17.5 Å². The monoisotopic (exact) mass is 255 g/mol. The Balaban J connectivity index is 2.49. The van der Waals surface area contributed by atoms with Crippen molar-refractivity contribution >= 4 is 5.91 Å². The van der Waals surface area contributed by atoms with Gasteiger partial charge in [0.05, 0.1) is 6.04 Å². The van der Waals surface area contributed by atoms with Crippen LogP contribution in [0.15, 0.2) is 0 Å². The average molecular weight is 255 g/mol. The molecule has 0 aromatic carbocycles. The highest BCUT2D eigenvalue weighted by atomic mass is 16.2. The first-order valence-corrected chi connectivity index (χ1v) is 7.22. The Bertz CT molecular complexity index is 260. The van der Waals surface area contributed by atoms with Crippen molar-refractivity contribution in [2.24, 2.45) is 5.73 Å². The van der Waals surface area contributed by atoms with Crippen LogP contribution in [-0.2, 0) is 4.79 Å². The molecule has 18 heavy (non-hydrogen) atoms. The molecule has 0 spiro atoms. The number of nitrogens with one attached hydrogen (secondary N) is 1. The quantitative estimate of drug-likeness (QED) is 0.756. The van der Waals surface area contributed by atoms with Gasteiger partial charge in [0.1, 0.15) is 0 Å². The molecule has 0 unspecified atom stereocenters. The van der Waals surface area contributed by atoms with Gasteiger partial charge < -0.3 is 16.0 Å². The number of carbonyl (C=O) groups is 1. The molecule has 0 radical (unpaired) electrons. The minimum atomic E-state index is -0.349. The predicted octanol–water partition coefficient (Wildman–Crippen LogP) is 1.49. The summed E-state index contributed by atoms with van der Waals surface area (Å²) in [7, 11) is 4.23. The lowest BCUT2D eigenvalue weighted by molar-refractivity contribution is -0.123. The number of rotatable bonds is 6. The van der Waals surface area contributed by atoms with E-state index in [2.05, 4.69) is 31.2 Å². The van der Waals surface area contributed by atoms with Gasteiger partial charge in [-0.15, -0.1) is 0 Å². The van der Waals surface area contributed by atoms with Gasteiger partial charge in [-0.2, -0.15) is 0 Å². The summed E-state index contributed by atoms with van der Waals surface area (Å²) in [6, 6.07) is -0.349. The third kappa shape index (κ3) is 3.95. The molecule has 1 rings (SSSR count). The smallest absolute Gasteiger partial charge is 0.236 e. The van der Waals surface area contributed by atoms with Gasteiger partial charge >= 0.3 is 0 Å². The molecule has 0 bridgehead atoms. The Kier molecular flexibility index (Phi) is 6.09. The van der Waals surface area contributed by atoms with Gasteiger partial charge in [-0.1, -0.05) is 32.6 Å². The van der Waals surface area contributed by atoms with E-state index in [1.54, 1.807) is 0 Å². The summed E-state index contributed by atoms with van der Waals surface area (Å²) >= 11 is 0. The van der Waals surface area contributed by atoms with Crippen LogP contribution >= 0.6 is 0 Å². The number of carbonyl (C=O) groups excluding carboxylic acids is 1. The van der Waals surface area contributed by atoms with Crippen LogP contribution in [0.4, 0.5) is 0 Å². The lowest BCUT2D eigenvalue weighted by Gasteiger charge is -2.43. The van der Waals surface area contributed by atoms with Gasteiger partial charge in [0.15, 0.2) is 0 Å². The molecule has 0 heterocycles. The maximum Gasteiger partial charge on any atom is 0.236 e. The zero-order chi connectivity index (χ0) is 13.6. The summed E-state index contributed by atoms with van der Waals surface area (Å²) in [5.41, 5.74) is 5.98. The number of hydrogen-bond acceptors (Lipinski definition) is 3. The lowest BCUT2D eigenvalue weighted by Crippen LogP contribution is -2.55. The Morgan fingerprint density at radius 1 is 1.33 bits per heavy atom. The number of amides is 1. The van der Waals surface area contributed by atoms with Crippen molar-refractivity contribution in [1.29, 1.82) is 0 Å². The first kappa shape index (κ1) is 15.4. The van der Waals surface area contributed by atoms with E-state index in [0.717, 1.165) is 19.4 Å². The van der Waals surface area contributed by atoms with Gasteiger partial charge in [0, 0.05) is 12.1 Å². The van der Waals surface area contributed by atoms with E-state index in [1.165, 1.54) is 32.1 Å². The summed E-state index contributed by atoms with van der Waals surface area (Å²) in [4.78, 5) is 14.2. The number of likely N-dealkylation sites (N-methyl/N-ethyl adjacent to an activating group) is 1. The summed E-state index contributed by atoms with van der Waals surface area (Å²) in [6.07, 6.45) is 7.89. The molecule has 1 amide bonds. The van der Waals surface area contributed by atoms with Crippen molar-refractivity contribution in [3.63, 3.8) is 0 Å². The maximum absolute atomic E-state index is 11.9. The van der Waals surface area contributed by atoms with Crippen molar-refractivity contribution in [1.82, 2.24) is 10.2 Å². The van der Waals surface area contributed by atoms with E-state index in [9.17, 15) is 4.79 Å². The second-order valence-electron chi connectivity index (χ2n) is 5.79. The van der Waals surface area contributed by atoms with Crippen LogP contribution in [0.3, 0.4) is 0 Å². The van der Waals surface area contributed by atoms with Gasteiger partial charge in [-0.3, -0.25) is 4.79 Å². The fraction of sp³-hybridized carbons (Fsp3) is 0.929. The van der Waals surface area contributed by atoms with E-state index in [0.29, 0.717) is 0 Å². The molecule has 1 aliphatic rings. The summed E-state index contributed by atoms with van der Waals surface area (Å²) < 4.78 is 0. The summed E-state index contributed by atoms with van der Waals surface area (Å²) in [6.45, 7) is 2.78. The second kappa shape index (κ2) is 7.10. The third-order valence-corrected chi connectivity index (χ3v) is 4.26. The van der Waals surface area contributed by atoms with Crippen LogP contribution in [0.25, 0.3) is 0 Å². The SMILES string of the molecule is CCC[C@@H](N)C(=O)NCC1(N(C)C)CCCCC1. The molecule has 1 atom stereocenters. The van der Waals surface area contributed by atoms with Crippen LogP contribution in [0.2, 0.25) is 0 Å². The van der Waals surface area contributed by atoms with Gasteiger partial charge in [0.25, 0.3) is 0 Å². The molecular weight excluding hydrogens is 226 g/mol. The highest BCUT2D eigenvalue weighted by Gasteiger charge is 2.34. The largest absolute Gasteiger partial charge is 0.353 e. The first-order chi connectivity index (χ1) is 8.52. The molecule has 106 valence electrons. The van der Waals surface area contributed by atoms with E-state index >= 15 is 0 Å². The Morgan fingerprint density at radius 2 is 1.94 bits per heavy atom. The summed E-state index contributed by atoms with van der Waals surface area (Å²) in [5, 5.41) is 3.05. The normalized spacial score (nSPS) is 20.7. The van der Waals surface area contributed by atoms with Crippen molar-refractivity contribution in [2.45, 2.75) is 63.5 Å². The fourth-order valence-corrected chi connectivity index (χ4v) is 2.82. The zero-order valence-corrected chi connectivity index (χ0v) is 12.2. The zero-order valence-electron chi connectivity index (χ0n) is 12.2. The fourth-order valence-electron chi connectivity index (χ4n) is 2.82. The average Bonchev–Trinajstić information content (AvgIpc) is 2.37. The van der Waals surface area contributed by atoms with Gasteiger partial charge in [-0.05, 0) is 33.4 Å². The molecule has 0 saturated heterocycles. The summed E-state index contributed by atoms with van der Waals surface area (Å²) in [5.74, 6) is 0.00338. The van der Waals surface area contributed by atoms with Crippen molar-refractivity contribution in [2.75, 3.05) is 20.6 Å². The van der Waals surface area contributed by atoms with Gasteiger partial charge in [0.2, 0.25) is 5.91 Å². The molecule has 1 fully saturated rings. The Labute approximate surface area is 111 Å². The van der Waals surface area contributed by atoms with Crippen LogP contribution in [0.5, 0.6) is 0 Å². The molecule has 4 heteroatoms. The van der Waals surface area contributed by atoms with Crippen LogP contribution < -0.4 is 11.1 Å². The van der Waals surface area contributed by atoms with E-state index in [4.69, 9.17) is 5.73 Å². The molecule has 0 aromatic rings. The molecule has 1 saturated carbocycles. The van der Waals surface area contributed by atoms with Crippen LogP contribution in [0.1, 0.15) is 51.9 Å². The number of nitrogens with two attached hydrogens (primary N) is 1. The minimum absolute atomic E-state index is 0.00338. The van der Waals surface area contributed by atoms with Crippen LogP contribution in [-0.4, -0.2) is 43.0 Å². The standard InChI is InChI=1S/C14H29N3O/c1-4-8-12(15)13(18)16-11-14(17(2)3)9-6-5-7-10-14/h12H,4-11,15H2,1-3H3,(H,16,18)/t12-/m1/s1. The molecule has 4 nitrogen and oxygen atoms in total. The molecular formula is C14H29N3O. The third-order valence-electron chi connectivity index (χ3n) is 4.26. The topological polar surface area (TPSA) is 58.4 Å². The van der Waals surface area contributed by atoms with Gasteiger partial charge in [-0.25, -0.2) is 0 Å². The van der Waals surface area contributed by atoms with Crippen molar-refractivity contribution < 1.29 is 4.79 Å². The molecule has 0 aliphatic heterocycles. The second-order valence-corrected chi connectivity index (χ2v) is 5.79. The Morgan fingerprint density at radius 3 is 2.44 bits per heavy atom. The van der Waals surface area contributed by atoms with E-state index < -0.39 is 0 Å². The predicted molar refractivity (Wildman–Crippen MR) is 75.4 cm³/mol. The molecule has 0 aromatic heterocycles.